The molecule has 2 aromatic rings. The summed E-state index contributed by atoms with van der Waals surface area (Å²) < 4.78 is 0. The number of benzene rings is 2. The molecule has 0 radical (unpaired) electrons. The molecule has 2 aliphatic rings. The summed E-state index contributed by atoms with van der Waals surface area (Å²) in [5.74, 6) is -0.0885. The summed E-state index contributed by atoms with van der Waals surface area (Å²) in [6.07, 6.45) is 3.07. The van der Waals surface area contributed by atoms with Crippen molar-refractivity contribution in [3.05, 3.63) is 59.2 Å². The first-order chi connectivity index (χ1) is 12.6. The molecular formula is C21H23N3O2. The first kappa shape index (κ1) is 16.6. The van der Waals surface area contributed by atoms with Gasteiger partial charge in [-0.3, -0.25) is 9.59 Å². The molecule has 2 aromatic carbocycles. The minimum Gasteiger partial charge on any atom is -0.354 e. The van der Waals surface area contributed by atoms with E-state index in [0.717, 1.165) is 37.2 Å². The van der Waals surface area contributed by atoms with Crippen molar-refractivity contribution < 1.29 is 9.59 Å². The summed E-state index contributed by atoms with van der Waals surface area (Å²) in [7, 11) is 2.00. The Morgan fingerprint density at radius 3 is 2.69 bits per heavy atom. The zero-order valence-electron chi connectivity index (χ0n) is 15.2. The average molecular weight is 349 g/mol. The molecule has 5 nitrogen and oxygen atoms in total. The number of nitrogens with one attached hydrogen (secondary N) is 1. The second-order valence-electron chi connectivity index (χ2n) is 6.97. The van der Waals surface area contributed by atoms with Crippen molar-refractivity contribution >= 4 is 23.2 Å². The van der Waals surface area contributed by atoms with Gasteiger partial charge in [0.2, 0.25) is 0 Å². The van der Waals surface area contributed by atoms with Crippen LogP contribution in [0.3, 0.4) is 0 Å². The first-order valence-corrected chi connectivity index (χ1v) is 9.16. The van der Waals surface area contributed by atoms with Gasteiger partial charge in [0.05, 0.1) is 11.3 Å². The summed E-state index contributed by atoms with van der Waals surface area (Å²) in [5, 5.41) is 2.94. The van der Waals surface area contributed by atoms with Crippen LogP contribution >= 0.6 is 0 Å². The highest BCUT2D eigenvalue weighted by molar-refractivity contribution is 6.08. The summed E-state index contributed by atoms with van der Waals surface area (Å²) in [6, 6.07) is 13.2. The van der Waals surface area contributed by atoms with Crippen LogP contribution in [-0.4, -0.2) is 36.5 Å². The number of carbonyl (C=O) groups excluding carboxylic acids is 2. The van der Waals surface area contributed by atoms with Crippen molar-refractivity contribution in [1.29, 1.82) is 0 Å². The minimum absolute atomic E-state index is 0.0720. The third-order valence-corrected chi connectivity index (χ3v) is 5.42. The van der Waals surface area contributed by atoms with E-state index in [9.17, 15) is 9.59 Å². The molecule has 1 N–H and O–H groups in total. The Hall–Kier alpha value is -2.82. The van der Waals surface area contributed by atoms with E-state index < -0.39 is 0 Å². The molecule has 2 aliphatic heterocycles. The Balaban J connectivity index is 1.59. The number of carbonyl (C=O) groups is 2. The Morgan fingerprint density at radius 2 is 1.96 bits per heavy atom. The number of aryl methyl sites for hydroxylation is 1. The maximum Gasteiger partial charge on any atom is 0.257 e. The molecule has 1 fully saturated rings. The predicted molar refractivity (Wildman–Crippen MR) is 103 cm³/mol. The van der Waals surface area contributed by atoms with Crippen LogP contribution in [0.15, 0.2) is 42.5 Å². The van der Waals surface area contributed by atoms with Gasteiger partial charge < -0.3 is 15.1 Å². The number of rotatable bonds is 3. The van der Waals surface area contributed by atoms with Crippen LogP contribution in [0.25, 0.3) is 0 Å². The lowest BCUT2D eigenvalue weighted by Crippen LogP contribution is -2.50. The molecule has 134 valence electrons. The van der Waals surface area contributed by atoms with E-state index in [1.165, 1.54) is 5.56 Å². The molecule has 5 heteroatoms. The van der Waals surface area contributed by atoms with Crippen molar-refractivity contribution in [2.24, 2.45) is 0 Å². The van der Waals surface area contributed by atoms with Gasteiger partial charge in [-0.15, -0.1) is 0 Å². The molecule has 0 unspecified atom stereocenters. The molecule has 0 bridgehead atoms. The second-order valence-corrected chi connectivity index (χ2v) is 6.97. The normalized spacial score (nSPS) is 18.5. The largest absolute Gasteiger partial charge is 0.354 e. The molecule has 1 saturated heterocycles. The highest BCUT2D eigenvalue weighted by atomic mass is 16.2. The number of amides is 2. The van der Waals surface area contributed by atoms with Gasteiger partial charge in [-0.25, -0.2) is 0 Å². The summed E-state index contributed by atoms with van der Waals surface area (Å²) >= 11 is 0. The summed E-state index contributed by atoms with van der Waals surface area (Å²) in [6.45, 7) is 2.91. The van der Waals surface area contributed by atoms with E-state index in [1.54, 1.807) is 12.1 Å². The Bertz CT molecular complexity index is 860. The zero-order valence-corrected chi connectivity index (χ0v) is 15.2. The smallest absolute Gasteiger partial charge is 0.257 e. The molecule has 2 heterocycles. The van der Waals surface area contributed by atoms with Gasteiger partial charge in [0.25, 0.3) is 11.8 Å². The molecular weight excluding hydrogens is 326 g/mol. The average Bonchev–Trinajstić information content (AvgIpc) is 3.16. The standard InChI is InChI=1S/C21H23N3O2/c1-3-14-6-9-16(10-7-14)22-20(25)15-8-11-17-18(13-15)23(2)19-5-4-12-24(19)21(17)26/h6-11,13,19H,3-5,12H2,1-2H3,(H,22,25)/t19-/m1/s1. The maximum atomic E-state index is 12.7. The van der Waals surface area contributed by atoms with E-state index >= 15 is 0 Å². The topological polar surface area (TPSA) is 52.7 Å². The molecule has 0 spiro atoms. The van der Waals surface area contributed by atoms with E-state index in [-0.39, 0.29) is 18.0 Å². The highest BCUT2D eigenvalue weighted by Gasteiger charge is 2.38. The van der Waals surface area contributed by atoms with Crippen LogP contribution in [0.1, 0.15) is 46.0 Å². The second kappa shape index (κ2) is 6.48. The van der Waals surface area contributed by atoms with Crippen LogP contribution in [0.5, 0.6) is 0 Å². The third-order valence-electron chi connectivity index (χ3n) is 5.42. The van der Waals surface area contributed by atoms with E-state index in [4.69, 9.17) is 0 Å². The van der Waals surface area contributed by atoms with Gasteiger partial charge in [-0.2, -0.15) is 0 Å². The molecule has 0 aromatic heterocycles. The SMILES string of the molecule is CCc1ccc(NC(=O)c2ccc3c(c2)N(C)[C@H]2CCCN2C3=O)cc1. The Kier molecular flexibility index (Phi) is 4.15. The van der Waals surface area contributed by atoms with E-state index in [0.29, 0.717) is 11.1 Å². The van der Waals surface area contributed by atoms with Crippen molar-refractivity contribution in [3.63, 3.8) is 0 Å². The van der Waals surface area contributed by atoms with Crippen molar-refractivity contribution in [2.45, 2.75) is 32.4 Å². The maximum absolute atomic E-state index is 12.7. The number of nitrogens with zero attached hydrogens (tertiary/aromatic N) is 2. The fraction of sp³-hybridized carbons (Fsp3) is 0.333. The van der Waals surface area contributed by atoms with Crippen molar-refractivity contribution in [3.8, 4) is 0 Å². The van der Waals surface area contributed by atoms with Crippen LogP contribution < -0.4 is 10.2 Å². The summed E-state index contributed by atoms with van der Waals surface area (Å²) in [4.78, 5) is 29.4. The van der Waals surface area contributed by atoms with Crippen LogP contribution in [0, 0.1) is 0 Å². The number of fused-ring (bicyclic) bond motifs is 2. The highest BCUT2D eigenvalue weighted by Crippen LogP contribution is 2.35. The lowest BCUT2D eigenvalue weighted by atomic mass is 10.0. The number of anilines is 2. The molecule has 4 rings (SSSR count). The van der Waals surface area contributed by atoms with Gasteiger partial charge in [0.1, 0.15) is 6.17 Å². The Morgan fingerprint density at radius 1 is 1.19 bits per heavy atom. The lowest BCUT2D eigenvalue weighted by Gasteiger charge is -2.40. The number of hydrogen-bond donors (Lipinski definition) is 1. The van der Waals surface area contributed by atoms with E-state index in [2.05, 4.69) is 17.1 Å². The molecule has 2 amide bonds. The molecule has 0 aliphatic carbocycles. The zero-order chi connectivity index (χ0) is 18.3. The fourth-order valence-electron chi connectivity index (χ4n) is 3.88. The quantitative estimate of drug-likeness (QED) is 0.922. The first-order valence-electron chi connectivity index (χ1n) is 9.16. The molecule has 1 atom stereocenters. The third kappa shape index (κ3) is 2.73. The van der Waals surface area contributed by atoms with Crippen LogP contribution in [0.2, 0.25) is 0 Å². The number of hydrogen-bond acceptors (Lipinski definition) is 3. The van der Waals surface area contributed by atoms with Gasteiger partial charge in [0, 0.05) is 24.8 Å². The predicted octanol–water partition coefficient (Wildman–Crippen LogP) is 3.51. The van der Waals surface area contributed by atoms with Gasteiger partial charge in [0.15, 0.2) is 0 Å². The fourth-order valence-corrected chi connectivity index (χ4v) is 3.88. The van der Waals surface area contributed by atoms with Crippen molar-refractivity contribution in [2.75, 3.05) is 23.8 Å². The molecule has 26 heavy (non-hydrogen) atoms. The summed E-state index contributed by atoms with van der Waals surface area (Å²) in [5.41, 5.74) is 4.09. The monoisotopic (exact) mass is 349 g/mol. The van der Waals surface area contributed by atoms with Gasteiger partial charge in [-0.1, -0.05) is 19.1 Å². The lowest BCUT2D eigenvalue weighted by molar-refractivity contribution is 0.0719. The van der Waals surface area contributed by atoms with Crippen molar-refractivity contribution in [1.82, 2.24) is 4.90 Å². The Labute approximate surface area is 153 Å². The molecule has 0 saturated carbocycles. The van der Waals surface area contributed by atoms with Gasteiger partial charge >= 0.3 is 0 Å². The minimum atomic E-state index is -0.160. The van der Waals surface area contributed by atoms with E-state index in [1.807, 2.05) is 42.3 Å². The van der Waals surface area contributed by atoms with Crippen LogP contribution in [0.4, 0.5) is 11.4 Å². The van der Waals surface area contributed by atoms with Crippen LogP contribution in [-0.2, 0) is 6.42 Å². The van der Waals surface area contributed by atoms with Gasteiger partial charge in [-0.05, 0) is 55.2 Å².